The van der Waals surface area contributed by atoms with Crippen LogP contribution >= 0.6 is 0 Å². The third-order valence-electron chi connectivity index (χ3n) is 4.11. The molecule has 0 saturated carbocycles. The number of hydrogen-bond acceptors (Lipinski definition) is 2. The molecule has 1 fully saturated rings. The molecule has 2 heterocycles. The molecule has 4 heteroatoms. The minimum atomic E-state index is -0.211. The second-order valence-corrected chi connectivity index (χ2v) is 6.04. The van der Waals surface area contributed by atoms with Crippen LogP contribution < -0.4 is 5.32 Å². The van der Waals surface area contributed by atoms with Crippen molar-refractivity contribution in [3.8, 4) is 0 Å². The molecule has 1 aliphatic heterocycles. The summed E-state index contributed by atoms with van der Waals surface area (Å²) in [6.45, 7) is 6.51. The van der Waals surface area contributed by atoms with E-state index in [4.69, 9.17) is 0 Å². The maximum absolute atomic E-state index is 13.4. The van der Waals surface area contributed by atoms with Crippen LogP contribution in [0.25, 0.3) is 11.0 Å². The molecular weight excluding hydrogens is 253 g/mol. The van der Waals surface area contributed by atoms with E-state index in [1.54, 1.807) is 0 Å². The highest BCUT2D eigenvalue weighted by Gasteiger charge is 2.19. The van der Waals surface area contributed by atoms with Crippen molar-refractivity contribution in [1.82, 2.24) is 14.9 Å². The summed E-state index contributed by atoms with van der Waals surface area (Å²) < 4.78 is 15.6. The average Bonchev–Trinajstić information content (AvgIpc) is 2.76. The number of aromatic nitrogens is 2. The molecule has 1 atom stereocenters. The van der Waals surface area contributed by atoms with E-state index in [9.17, 15) is 4.39 Å². The molecule has 1 N–H and O–H groups in total. The summed E-state index contributed by atoms with van der Waals surface area (Å²) in [7, 11) is 0. The minimum absolute atomic E-state index is 0.211. The van der Waals surface area contributed by atoms with E-state index in [1.807, 2.05) is 6.07 Å². The summed E-state index contributed by atoms with van der Waals surface area (Å²) in [5.74, 6) is 1.52. The van der Waals surface area contributed by atoms with Crippen LogP contribution in [0.2, 0.25) is 0 Å². The molecule has 1 aromatic carbocycles. The lowest BCUT2D eigenvalue weighted by Gasteiger charge is -2.23. The molecular formula is C16H22FN3. The normalized spacial score (nSPS) is 19.9. The third-order valence-corrected chi connectivity index (χ3v) is 4.11. The molecule has 3 rings (SSSR count). The van der Waals surface area contributed by atoms with Gasteiger partial charge in [-0.2, -0.15) is 0 Å². The largest absolute Gasteiger partial charge is 0.325 e. The minimum Gasteiger partial charge on any atom is -0.325 e. The highest BCUT2D eigenvalue weighted by molar-refractivity contribution is 5.76. The Hall–Kier alpha value is -1.42. The van der Waals surface area contributed by atoms with Crippen LogP contribution in [0.15, 0.2) is 18.2 Å². The number of halogens is 1. The van der Waals surface area contributed by atoms with Crippen LogP contribution in [-0.2, 0) is 6.42 Å². The molecule has 1 unspecified atom stereocenters. The number of piperidine rings is 1. The summed E-state index contributed by atoms with van der Waals surface area (Å²) in [5.41, 5.74) is 1.82. The second-order valence-electron chi connectivity index (χ2n) is 6.04. The van der Waals surface area contributed by atoms with Crippen LogP contribution in [0.4, 0.5) is 4.39 Å². The Morgan fingerprint density at radius 3 is 3.00 bits per heavy atom. The van der Waals surface area contributed by atoms with Gasteiger partial charge in [0.05, 0.1) is 11.0 Å². The van der Waals surface area contributed by atoms with Gasteiger partial charge < -0.3 is 9.88 Å². The lowest BCUT2D eigenvalue weighted by atomic mass is 9.96. The number of imidazole rings is 1. The van der Waals surface area contributed by atoms with Crippen LogP contribution in [0.1, 0.15) is 38.6 Å². The number of benzene rings is 1. The van der Waals surface area contributed by atoms with Crippen molar-refractivity contribution in [2.24, 2.45) is 5.92 Å². The zero-order valence-electron chi connectivity index (χ0n) is 12.2. The molecule has 1 aromatic heterocycles. The Morgan fingerprint density at radius 1 is 1.45 bits per heavy atom. The smallest absolute Gasteiger partial charge is 0.125 e. The Balaban J connectivity index is 1.97. The topological polar surface area (TPSA) is 29.9 Å². The van der Waals surface area contributed by atoms with E-state index >= 15 is 0 Å². The van der Waals surface area contributed by atoms with E-state index in [0.717, 1.165) is 36.4 Å². The van der Waals surface area contributed by atoms with Gasteiger partial charge in [0.2, 0.25) is 0 Å². The van der Waals surface area contributed by atoms with Gasteiger partial charge in [-0.3, -0.25) is 0 Å². The molecule has 0 radical (unpaired) electrons. The Kier molecular flexibility index (Phi) is 3.74. The van der Waals surface area contributed by atoms with Gasteiger partial charge in [0.25, 0.3) is 0 Å². The number of hydrogen-bond donors (Lipinski definition) is 1. The van der Waals surface area contributed by atoms with Crippen molar-refractivity contribution in [3.05, 3.63) is 29.8 Å². The fourth-order valence-electron chi connectivity index (χ4n) is 3.20. The van der Waals surface area contributed by atoms with Crippen LogP contribution in [0.3, 0.4) is 0 Å². The first-order chi connectivity index (χ1) is 9.65. The van der Waals surface area contributed by atoms with Crippen molar-refractivity contribution in [2.75, 3.05) is 13.1 Å². The van der Waals surface area contributed by atoms with Gasteiger partial charge in [0.15, 0.2) is 0 Å². The zero-order chi connectivity index (χ0) is 14.1. The van der Waals surface area contributed by atoms with E-state index in [0.29, 0.717) is 12.0 Å². The van der Waals surface area contributed by atoms with Crippen LogP contribution in [-0.4, -0.2) is 22.6 Å². The van der Waals surface area contributed by atoms with E-state index in [2.05, 4.69) is 28.7 Å². The molecule has 0 amide bonds. The van der Waals surface area contributed by atoms with Gasteiger partial charge in [0, 0.05) is 18.5 Å². The maximum atomic E-state index is 13.4. The predicted molar refractivity (Wildman–Crippen MR) is 79.4 cm³/mol. The summed E-state index contributed by atoms with van der Waals surface area (Å²) in [5, 5.41) is 3.45. The number of rotatable bonds is 3. The molecule has 20 heavy (non-hydrogen) atoms. The van der Waals surface area contributed by atoms with Crippen LogP contribution in [0.5, 0.6) is 0 Å². The molecule has 3 nitrogen and oxygen atoms in total. The quantitative estimate of drug-likeness (QED) is 0.931. The molecule has 1 saturated heterocycles. The number of fused-ring (bicyclic) bond motifs is 1. The molecule has 0 spiro atoms. The highest BCUT2D eigenvalue weighted by atomic mass is 19.1. The van der Waals surface area contributed by atoms with Gasteiger partial charge in [-0.1, -0.05) is 0 Å². The zero-order valence-corrected chi connectivity index (χ0v) is 12.2. The first-order valence-electron chi connectivity index (χ1n) is 7.52. The van der Waals surface area contributed by atoms with Gasteiger partial charge in [-0.15, -0.1) is 0 Å². The van der Waals surface area contributed by atoms with E-state index in [1.165, 1.54) is 25.0 Å². The summed E-state index contributed by atoms with van der Waals surface area (Å²) in [6.07, 6.45) is 3.46. The van der Waals surface area contributed by atoms with Crippen molar-refractivity contribution < 1.29 is 4.39 Å². The van der Waals surface area contributed by atoms with Gasteiger partial charge in [-0.05, 0) is 57.8 Å². The van der Waals surface area contributed by atoms with Crippen LogP contribution in [0, 0.1) is 11.7 Å². The third kappa shape index (κ3) is 2.57. The highest BCUT2D eigenvalue weighted by Crippen LogP contribution is 2.25. The molecule has 0 bridgehead atoms. The first-order valence-corrected chi connectivity index (χ1v) is 7.52. The van der Waals surface area contributed by atoms with Crippen molar-refractivity contribution in [1.29, 1.82) is 0 Å². The summed E-state index contributed by atoms with van der Waals surface area (Å²) in [6, 6.07) is 5.25. The molecule has 2 aromatic rings. The molecule has 0 aliphatic carbocycles. The average molecular weight is 275 g/mol. The number of nitrogens with one attached hydrogen (secondary N) is 1. The van der Waals surface area contributed by atoms with Crippen molar-refractivity contribution >= 4 is 11.0 Å². The van der Waals surface area contributed by atoms with E-state index < -0.39 is 0 Å². The molecule has 108 valence electrons. The molecule has 1 aliphatic rings. The second kappa shape index (κ2) is 5.52. The monoisotopic (exact) mass is 275 g/mol. The van der Waals surface area contributed by atoms with Gasteiger partial charge >= 0.3 is 0 Å². The summed E-state index contributed by atoms with van der Waals surface area (Å²) >= 11 is 0. The Morgan fingerprint density at radius 2 is 2.30 bits per heavy atom. The fraction of sp³-hybridized carbons (Fsp3) is 0.562. The predicted octanol–water partition coefficient (Wildman–Crippen LogP) is 3.30. The lowest BCUT2D eigenvalue weighted by Crippen LogP contribution is -2.31. The standard InChI is InChI=1S/C16H22FN3/c1-11(2)20-15-6-5-13(17)9-14(15)19-16(20)8-12-4-3-7-18-10-12/h5-6,9,11-12,18H,3-4,7-8,10H2,1-2H3. The van der Waals surface area contributed by atoms with Gasteiger partial charge in [-0.25, -0.2) is 9.37 Å². The summed E-state index contributed by atoms with van der Waals surface area (Å²) in [4.78, 5) is 4.68. The van der Waals surface area contributed by atoms with Crippen molar-refractivity contribution in [3.63, 3.8) is 0 Å². The Bertz CT molecular complexity index is 597. The van der Waals surface area contributed by atoms with E-state index in [-0.39, 0.29) is 5.82 Å². The fourth-order valence-corrected chi connectivity index (χ4v) is 3.20. The SMILES string of the molecule is CC(C)n1c(CC2CCCNC2)nc2cc(F)ccc21. The lowest BCUT2D eigenvalue weighted by molar-refractivity contribution is 0.364. The van der Waals surface area contributed by atoms with Crippen molar-refractivity contribution in [2.45, 2.75) is 39.2 Å². The number of nitrogens with zero attached hydrogens (tertiary/aromatic N) is 2. The van der Waals surface area contributed by atoms with Gasteiger partial charge in [0.1, 0.15) is 11.6 Å². The Labute approximate surface area is 119 Å². The first kappa shape index (κ1) is 13.6. The maximum Gasteiger partial charge on any atom is 0.125 e.